The van der Waals surface area contributed by atoms with E-state index < -0.39 is 5.91 Å². The standard InChI is InChI=1S/C20H20ClN3O3S/c1-3-5-14(6-4-11-27-13-18(22)25)12-17-19(26)24(2)20(28-17)23-16-9-7-15(21)8-10-16/h3-12H,13H2,1-2H3,(H2,22,25)/b5-3-,11-4+,14-6+,17-12-,23-20?. The third kappa shape index (κ3) is 6.44. The van der Waals surface area contributed by atoms with Crippen molar-refractivity contribution in [3.63, 3.8) is 0 Å². The maximum atomic E-state index is 12.5. The van der Waals surface area contributed by atoms with Gasteiger partial charge in [-0.15, -0.1) is 0 Å². The number of amidine groups is 1. The van der Waals surface area contributed by atoms with E-state index in [0.29, 0.717) is 20.8 Å². The second kappa shape index (κ2) is 10.5. The van der Waals surface area contributed by atoms with E-state index in [-0.39, 0.29) is 12.5 Å². The summed E-state index contributed by atoms with van der Waals surface area (Å²) >= 11 is 7.18. The molecular formula is C20H20ClN3O3S. The van der Waals surface area contributed by atoms with Crippen molar-refractivity contribution in [2.75, 3.05) is 13.7 Å². The molecule has 0 radical (unpaired) electrons. The van der Waals surface area contributed by atoms with Crippen LogP contribution < -0.4 is 5.73 Å². The van der Waals surface area contributed by atoms with E-state index in [4.69, 9.17) is 22.1 Å². The number of benzene rings is 1. The number of amides is 2. The maximum Gasteiger partial charge on any atom is 0.266 e. The zero-order valence-electron chi connectivity index (χ0n) is 15.5. The normalized spacial score (nSPS) is 18.2. The molecule has 2 rings (SSSR count). The number of carbonyl (C=O) groups is 2. The Morgan fingerprint density at radius 3 is 2.71 bits per heavy atom. The van der Waals surface area contributed by atoms with Crippen LogP contribution in [0.15, 0.2) is 76.4 Å². The number of hydrogen-bond donors (Lipinski definition) is 1. The van der Waals surface area contributed by atoms with Gasteiger partial charge < -0.3 is 10.5 Å². The third-order valence-corrected chi connectivity index (χ3v) is 4.71. The van der Waals surface area contributed by atoms with Gasteiger partial charge in [-0.3, -0.25) is 14.5 Å². The fourth-order valence-corrected chi connectivity index (χ4v) is 3.22. The number of ether oxygens (including phenoxy) is 1. The van der Waals surface area contributed by atoms with Gasteiger partial charge in [0.15, 0.2) is 11.8 Å². The Morgan fingerprint density at radius 2 is 2.07 bits per heavy atom. The number of carbonyl (C=O) groups excluding carboxylic acids is 2. The number of primary amides is 1. The van der Waals surface area contributed by atoms with Gasteiger partial charge in [-0.2, -0.15) is 0 Å². The van der Waals surface area contributed by atoms with Gasteiger partial charge in [0.25, 0.3) is 11.8 Å². The molecule has 1 fully saturated rings. The Labute approximate surface area is 173 Å². The molecule has 0 saturated carbocycles. The fraction of sp³-hybridized carbons (Fsp3) is 0.150. The summed E-state index contributed by atoms with van der Waals surface area (Å²) in [5.74, 6) is -0.685. The molecule has 1 aromatic carbocycles. The summed E-state index contributed by atoms with van der Waals surface area (Å²) in [5.41, 5.74) is 6.50. The lowest BCUT2D eigenvalue weighted by Gasteiger charge is -2.07. The molecule has 0 bridgehead atoms. The van der Waals surface area contributed by atoms with Crippen LogP contribution in [0.5, 0.6) is 0 Å². The molecule has 0 aromatic heterocycles. The van der Waals surface area contributed by atoms with Crippen LogP contribution >= 0.6 is 23.4 Å². The van der Waals surface area contributed by atoms with E-state index in [1.807, 2.05) is 19.1 Å². The van der Waals surface area contributed by atoms with Crippen LogP contribution in [-0.2, 0) is 14.3 Å². The molecule has 1 aliphatic heterocycles. The third-order valence-electron chi connectivity index (χ3n) is 3.40. The number of thioether (sulfide) groups is 1. The highest BCUT2D eigenvalue weighted by atomic mass is 35.5. The number of likely N-dealkylation sites (N-methyl/N-ethyl adjacent to an activating group) is 1. The number of hydrogen-bond acceptors (Lipinski definition) is 5. The molecule has 0 aliphatic carbocycles. The molecule has 2 N–H and O–H groups in total. The van der Waals surface area contributed by atoms with Crippen molar-refractivity contribution in [1.29, 1.82) is 0 Å². The topological polar surface area (TPSA) is 85.0 Å². The lowest BCUT2D eigenvalue weighted by Crippen LogP contribution is -2.23. The largest absolute Gasteiger partial charge is 0.491 e. The van der Waals surface area contributed by atoms with E-state index in [9.17, 15) is 9.59 Å². The summed E-state index contributed by atoms with van der Waals surface area (Å²) in [6, 6.07) is 7.08. The highest BCUT2D eigenvalue weighted by Gasteiger charge is 2.30. The number of nitrogens with two attached hydrogens (primary N) is 1. The predicted octanol–water partition coefficient (Wildman–Crippen LogP) is 3.93. The molecule has 2 amide bonds. The average Bonchev–Trinajstić information content (AvgIpc) is 2.91. The van der Waals surface area contributed by atoms with E-state index in [1.165, 1.54) is 22.9 Å². The molecule has 146 valence electrons. The van der Waals surface area contributed by atoms with Crippen LogP contribution in [0.2, 0.25) is 5.02 Å². The maximum absolute atomic E-state index is 12.5. The monoisotopic (exact) mass is 417 g/mol. The van der Waals surface area contributed by atoms with Crippen molar-refractivity contribution < 1.29 is 14.3 Å². The molecule has 0 spiro atoms. The van der Waals surface area contributed by atoms with Crippen molar-refractivity contribution in [3.05, 3.63) is 76.4 Å². The van der Waals surface area contributed by atoms with E-state index in [1.54, 1.807) is 49.5 Å². The van der Waals surface area contributed by atoms with Crippen LogP contribution in [0.3, 0.4) is 0 Å². The van der Waals surface area contributed by atoms with Gasteiger partial charge in [0.1, 0.15) is 0 Å². The van der Waals surface area contributed by atoms with Crippen molar-refractivity contribution >= 4 is 46.0 Å². The minimum atomic E-state index is -0.548. The summed E-state index contributed by atoms with van der Waals surface area (Å²) in [6.07, 6.45) is 10.2. The van der Waals surface area contributed by atoms with Crippen molar-refractivity contribution in [2.45, 2.75) is 6.92 Å². The minimum Gasteiger partial charge on any atom is -0.491 e. The molecule has 1 saturated heterocycles. The summed E-state index contributed by atoms with van der Waals surface area (Å²) in [7, 11) is 1.68. The second-order valence-corrected chi connectivity index (χ2v) is 7.06. The zero-order chi connectivity index (χ0) is 20.5. The van der Waals surface area contributed by atoms with Gasteiger partial charge in [-0.25, -0.2) is 4.99 Å². The van der Waals surface area contributed by atoms with Gasteiger partial charge in [-0.1, -0.05) is 29.8 Å². The van der Waals surface area contributed by atoms with Crippen LogP contribution in [0, 0.1) is 0 Å². The van der Waals surface area contributed by atoms with Gasteiger partial charge in [0.2, 0.25) is 0 Å². The molecule has 0 unspecified atom stereocenters. The van der Waals surface area contributed by atoms with Crippen molar-refractivity contribution in [1.82, 2.24) is 4.90 Å². The summed E-state index contributed by atoms with van der Waals surface area (Å²) in [6.45, 7) is 1.69. The number of rotatable bonds is 7. The van der Waals surface area contributed by atoms with Gasteiger partial charge in [-0.05, 0) is 60.7 Å². The van der Waals surface area contributed by atoms with Crippen LogP contribution in [-0.4, -0.2) is 35.5 Å². The molecule has 1 aromatic rings. The molecule has 1 heterocycles. The number of aliphatic imine (C=N–C) groups is 1. The summed E-state index contributed by atoms with van der Waals surface area (Å²) in [4.78, 5) is 29.7. The highest BCUT2D eigenvalue weighted by molar-refractivity contribution is 8.18. The molecular weight excluding hydrogens is 398 g/mol. The number of allylic oxidation sites excluding steroid dienone is 6. The van der Waals surface area contributed by atoms with Gasteiger partial charge in [0, 0.05) is 12.1 Å². The van der Waals surface area contributed by atoms with Crippen molar-refractivity contribution in [3.8, 4) is 0 Å². The lowest BCUT2D eigenvalue weighted by molar-refractivity contribution is -0.121. The zero-order valence-corrected chi connectivity index (χ0v) is 17.0. The Bertz CT molecular complexity index is 886. The fourth-order valence-electron chi connectivity index (χ4n) is 2.11. The SMILES string of the molecule is C\C=C/C(/C=C1\SC(=Nc2ccc(Cl)cc2)N(C)C1=O)=C\C=C\OCC(N)=O. The highest BCUT2D eigenvalue weighted by Crippen LogP contribution is 2.32. The van der Waals surface area contributed by atoms with Gasteiger partial charge in [0.05, 0.1) is 16.9 Å². The first-order chi connectivity index (χ1) is 13.4. The molecule has 6 nitrogen and oxygen atoms in total. The smallest absolute Gasteiger partial charge is 0.266 e. The number of nitrogens with zero attached hydrogens (tertiary/aromatic N) is 2. The number of halogens is 1. The van der Waals surface area contributed by atoms with E-state index in [0.717, 1.165) is 5.57 Å². The molecule has 0 atom stereocenters. The Kier molecular flexibility index (Phi) is 8.10. The Hall–Kier alpha value is -2.77. The Morgan fingerprint density at radius 1 is 1.36 bits per heavy atom. The second-order valence-electron chi connectivity index (χ2n) is 5.62. The first-order valence-corrected chi connectivity index (χ1v) is 9.51. The lowest BCUT2D eigenvalue weighted by atomic mass is 10.2. The van der Waals surface area contributed by atoms with Crippen LogP contribution in [0.1, 0.15) is 6.92 Å². The van der Waals surface area contributed by atoms with Crippen molar-refractivity contribution in [2.24, 2.45) is 10.7 Å². The summed E-state index contributed by atoms with van der Waals surface area (Å²) < 4.78 is 4.97. The first kappa shape index (κ1) is 21.5. The van der Waals surface area contributed by atoms with Crippen LogP contribution in [0.25, 0.3) is 0 Å². The predicted molar refractivity (Wildman–Crippen MR) is 114 cm³/mol. The van der Waals surface area contributed by atoms with E-state index >= 15 is 0 Å². The van der Waals surface area contributed by atoms with Gasteiger partial charge >= 0.3 is 0 Å². The van der Waals surface area contributed by atoms with E-state index in [2.05, 4.69) is 4.99 Å². The van der Waals surface area contributed by atoms with Crippen LogP contribution in [0.4, 0.5) is 5.69 Å². The molecule has 28 heavy (non-hydrogen) atoms. The Balaban J connectivity index is 2.19. The molecule has 1 aliphatic rings. The average molecular weight is 418 g/mol. The molecule has 8 heteroatoms. The first-order valence-electron chi connectivity index (χ1n) is 8.32. The quantitative estimate of drug-likeness (QED) is 0.413. The summed E-state index contributed by atoms with van der Waals surface area (Å²) in [5, 5.41) is 1.21. The minimum absolute atomic E-state index is 0.137.